The molecule has 1 amide bonds. The average molecular weight is 379 g/mol. The number of carbonyl (C=O) groups excluding carboxylic acids is 1. The van der Waals surface area contributed by atoms with E-state index in [4.69, 9.17) is 9.05 Å². The van der Waals surface area contributed by atoms with Crippen LogP contribution in [0.3, 0.4) is 0 Å². The van der Waals surface area contributed by atoms with E-state index in [2.05, 4.69) is 25.6 Å². The van der Waals surface area contributed by atoms with Gasteiger partial charge in [-0.3, -0.25) is 4.79 Å². The zero-order chi connectivity index (χ0) is 19.5. The van der Waals surface area contributed by atoms with Crippen LogP contribution in [-0.2, 0) is 6.54 Å². The van der Waals surface area contributed by atoms with Crippen molar-refractivity contribution in [1.82, 2.24) is 25.6 Å². The third-order valence-electron chi connectivity index (χ3n) is 3.88. The first kappa shape index (κ1) is 17.5. The summed E-state index contributed by atoms with van der Waals surface area (Å²) >= 11 is 0. The molecular weight excluding hydrogens is 365 g/mol. The molecule has 0 fully saturated rings. The fraction of sp³-hybridized carbons (Fsp3) is 0.105. The van der Waals surface area contributed by atoms with E-state index in [0.29, 0.717) is 34.2 Å². The third kappa shape index (κ3) is 3.78. The molecule has 0 saturated heterocycles. The molecule has 0 atom stereocenters. The Morgan fingerprint density at radius 3 is 2.61 bits per heavy atom. The van der Waals surface area contributed by atoms with E-state index in [9.17, 15) is 9.18 Å². The molecule has 4 rings (SSSR count). The topological polar surface area (TPSA) is 107 Å². The quantitative estimate of drug-likeness (QED) is 0.567. The molecule has 9 heteroatoms. The standard InChI is InChI=1S/C19H14FN5O3/c1-11-22-17(25-27-11)13-3-2-4-14(9-13)18(26)21-10-16-23-19(28-24-16)12-5-7-15(20)8-6-12/h2-9H,10H2,1H3,(H,21,26). The molecule has 2 aromatic carbocycles. The van der Waals surface area contributed by atoms with E-state index < -0.39 is 0 Å². The van der Waals surface area contributed by atoms with Crippen LogP contribution in [0, 0.1) is 12.7 Å². The number of benzene rings is 2. The largest absolute Gasteiger partial charge is 0.345 e. The highest BCUT2D eigenvalue weighted by Gasteiger charge is 2.13. The van der Waals surface area contributed by atoms with Crippen molar-refractivity contribution >= 4 is 5.91 Å². The van der Waals surface area contributed by atoms with Crippen LogP contribution >= 0.6 is 0 Å². The second-order valence-electron chi connectivity index (χ2n) is 5.92. The van der Waals surface area contributed by atoms with Crippen LogP contribution in [0.4, 0.5) is 4.39 Å². The Balaban J connectivity index is 1.43. The maximum atomic E-state index is 13.0. The summed E-state index contributed by atoms with van der Waals surface area (Å²) in [6.45, 7) is 1.77. The van der Waals surface area contributed by atoms with Crippen molar-refractivity contribution in [2.24, 2.45) is 0 Å². The number of aromatic nitrogens is 4. The maximum Gasteiger partial charge on any atom is 0.257 e. The van der Waals surface area contributed by atoms with Gasteiger partial charge in [-0.1, -0.05) is 22.4 Å². The van der Waals surface area contributed by atoms with Gasteiger partial charge in [-0.15, -0.1) is 0 Å². The monoisotopic (exact) mass is 379 g/mol. The van der Waals surface area contributed by atoms with Crippen molar-refractivity contribution in [2.75, 3.05) is 0 Å². The van der Waals surface area contributed by atoms with Crippen molar-refractivity contribution in [1.29, 1.82) is 0 Å². The number of hydrogen-bond donors (Lipinski definition) is 1. The average Bonchev–Trinajstić information content (AvgIpc) is 3.36. The Labute approximate surface area is 158 Å². The molecule has 140 valence electrons. The molecular formula is C19H14FN5O3. The summed E-state index contributed by atoms with van der Waals surface area (Å²) < 4.78 is 23.1. The lowest BCUT2D eigenvalue weighted by molar-refractivity contribution is 0.0949. The Kier molecular flexibility index (Phi) is 4.63. The molecule has 0 saturated carbocycles. The van der Waals surface area contributed by atoms with Crippen LogP contribution in [0.1, 0.15) is 22.1 Å². The highest BCUT2D eigenvalue weighted by molar-refractivity contribution is 5.95. The van der Waals surface area contributed by atoms with Crippen molar-refractivity contribution in [2.45, 2.75) is 13.5 Å². The first-order valence-electron chi connectivity index (χ1n) is 8.36. The van der Waals surface area contributed by atoms with Gasteiger partial charge in [0.05, 0.1) is 6.54 Å². The van der Waals surface area contributed by atoms with Crippen molar-refractivity contribution in [3.63, 3.8) is 0 Å². The van der Waals surface area contributed by atoms with Crippen LogP contribution in [0.15, 0.2) is 57.6 Å². The van der Waals surface area contributed by atoms with E-state index >= 15 is 0 Å². The Morgan fingerprint density at radius 1 is 1.04 bits per heavy atom. The van der Waals surface area contributed by atoms with Crippen LogP contribution in [0.5, 0.6) is 0 Å². The lowest BCUT2D eigenvalue weighted by atomic mass is 10.1. The molecule has 8 nitrogen and oxygen atoms in total. The minimum atomic E-state index is -0.353. The van der Waals surface area contributed by atoms with Gasteiger partial charge in [0.2, 0.25) is 11.7 Å². The summed E-state index contributed by atoms with van der Waals surface area (Å²) in [4.78, 5) is 20.8. The van der Waals surface area contributed by atoms with E-state index in [-0.39, 0.29) is 24.2 Å². The molecule has 4 aromatic rings. The number of amides is 1. The van der Waals surface area contributed by atoms with Gasteiger partial charge in [-0.05, 0) is 36.4 Å². The predicted molar refractivity (Wildman–Crippen MR) is 95.3 cm³/mol. The Bertz CT molecular complexity index is 1120. The first-order chi connectivity index (χ1) is 13.6. The summed E-state index contributed by atoms with van der Waals surface area (Å²) in [6, 6.07) is 12.5. The number of halogens is 1. The van der Waals surface area contributed by atoms with Crippen LogP contribution in [0.25, 0.3) is 22.8 Å². The van der Waals surface area contributed by atoms with Crippen LogP contribution in [-0.4, -0.2) is 26.2 Å². The van der Waals surface area contributed by atoms with Gasteiger partial charge in [-0.25, -0.2) is 4.39 Å². The van der Waals surface area contributed by atoms with E-state index in [1.165, 1.54) is 24.3 Å². The summed E-state index contributed by atoms with van der Waals surface area (Å²) in [7, 11) is 0. The first-order valence-corrected chi connectivity index (χ1v) is 8.36. The minimum Gasteiger partial charge on any atom is -0.345 e. The van der Waals surface area contributed by atoms with Crippen LogP contribution < -0.4 is 5.32 Å². The highest BCUT2D eigenvalue weighted by Crippen LogP contribution is 2.18. The molecule has 0 spiro atoms. The summed E-state index contributed by atoms with van der Waals surface area (Å²) in [5, 5.41) is 10.4. The summed E-state index contributed by atoms with van der Waals surface area (Å²) in [6.07, 6.45) is 0. The predicted octanol–water partition coefficient (Wildman–Crippen LogP) is 3.16. The minimum absolute atomic E-state index is 0.0784. The van der Waals surface area contributed by atoms with Gasteiger partial charge < -0.3 is 14.4 Å². The fourth-order valence-corrected chi connectivity index (χ4v) is 2.51. The second kappa shape index (κ2) is 7.39. The van der Waals surface area contributed by atoms with Crippen LogP contribution in [0.2, 0.25) is 0 Å². The molecule has 28 heavy (non-hydrogen) atoms. The van der Waals surface area contributed by atoms with Gasteiger partial charge in [0, 0.05) is 23.6 Å². The lowest BCUT2D eigenvalue weighted by Gasteiger charge is -2.03. The molecule has 0 aliphatic rings. The second-order valence-corrected chi connectivity index (χ2v) is 5.92. The molecule has 0 bridgehead atoms. The molecule has 1 N–H and O–H groups in total. The lowest BCUT2D eigenvalue weighted by Crippen LogP contribution is -2.23. The van der Waals surface area contributed by atoms with Crippen molar-refractivity contribution in [3.05, 3.63) is 71.6 Å². The van der Waals surface area contributed by atoms with E-state index in [0.717, 1.165) is 0 Å². The number of nitrogens with one attached hydrogen (secondary N) is 1. The normalized spacial score (nSPS) is 10.8. The molecule has 2 aromatic heterocycles. The SMILES string of the molecule is Cc1nc(-c2cccc(C(=O)NCc3noc(-c4ccc(F)cc4)n3)c2)no1. The zero-order valence-electron chi connectivity index (χ0n) is 14.7. The number of aryl methyl sites for hydroxylation is 1. The number of rotatable bonds is 5. The molecule has 0 unspecified atom stereocenters. The number of nitrogens with zero attached hydrogens (tertiary/aromatic N) is 4. The molecule has 0 aliphatic carbocycles. The molecule has 0 radical (unpaired) electrons. The molecule has 2 heterocycles. The highest BCUT2D eigenvalue weighted by atomic mass is 19.1. The Hall–Kier alpha value is -3.88. The van der Waals surface area contributed by atoms with Gasteiger partial charge in [-0.2, -0.15) is 9.97 Å². The number of hydrogen-bond acceptors (Lipinski definition) is 7. The van der Waals surface area contributed by atoms with Gasteiger partial charge in [0.15, 0.2) is 5.82 Å². The van der Waals surface area contributed by atoms with E-state index in [1.54, 1.807) is 31.2 Å². The smallest absolute Gasteiger partial charge is 0.257 e. The third-order valence-corrected chi connectivity index (χ3v) is 3.88. The van der Waals surface area contributed by atoms with E-state index in [1.807, 2.05) is 0 Å². The zero-order valence-corrected chi connectivity index (χ0v) is 14.7. The fourth-order valence-electron chi connectivity index (χ4n) is 2.51. The van der Waals surface area contributed by atoms with Crippen molar-refractivity contribution in [3.8, 4) is 22.8 Å². The van der Waals surface area contributed by atoms with Crippen molar-refractivity contribution < 1.29 is 18.2 Å². The summed E-state index contributed by atoms with van der Waals surface area (Å²) in [5.74, 6) is 0.744. The summed E-state index contributed by atoms with van der Waals surface area (Å²) in [5.41, 5.74) is 1.69. The molecule has 0 aliphatic heterocycles. The maximum absolute atomic E-state index is 13.0. The van der Waals surface area contributed by atoms with Gasteiger partial charge in [0.25, 0.3) is 11.8 Å². The van der Waals surface area contributed by atoms with Gasteiger partial charge >= 0.3 is 0 Å². The van der Waals surface area contributed by atoms with Gasteiger partial charge in [0.1, 0.15) is 5.82 Å². The number of carbonyl (C=O) groups is 1. The Morgan fingerprint density at radius 2 is 1.86 bits per heavy atom.